The van der Waals surface area contributed by atoms with Crippen LogP contribution in [0.15, 0.2) is 47.5 Å². The van der Waals surface area contributed by atoms with Crippen LogP contribution in [0, 0.1) is 0 Å². The quantitative estimate of drug-likeness (QED) is 0.493. The SMILES string of the molecule is CCn1c(=O)c2cnc(Nc3ccc4c(c3)CCNC4)nc2n1-c1ccnc(C2(C)CC2)c1. The van der Waals surface area contributed by atoms with Crippen molar-refractivity contribution in [3.8, 4) is 5.69 Å². The van der Waals surface area contributed by atoms with E-state index in [1.807, 2.05) is 23.9 Å². The average molecular weight is 442 g/mol. The molecule has 168 valence electrons. The molecule has 0 spiro atoms. The second-order valence-electron chi connectivity index (χ2n) is 9.26. The van der Waals surface area contributed by atoms with Gasteiger partial charge >= 0.3 is 0 Å². The van der Waals surface area contributed by atoms with Crippen molar-refractivity contribution in [1.29, 1.82) is 0 Å². The van der Waals surface area contributed by atoms with Crippen LogP contribution in [0.5, 0.6) is 0 Å². The van der Waals surface area contributed by atoms with Gasteiger partial charge in [-0.3, -0.25) is 9.78 Å². The van der Waals surface area contributed by atoms with Crippen molar-refractivity contribution in [1.82, 2.24) is 29.6 Å². The van der Waals surface area contributed by atoms with Gasteiger partial charge in [0.15, 0.2) is 5.65 Å². The van der Waals surface area contributed by atoms with Crippen molar-refractivity contribution in [2.24, 2.45) is 0 Å². The van der Waals surface area contributed by atoms with E-state index in [-0.39, 0.29) is 11.0 Å². The van der Waals surface area contributed by atoms with Gasteiger partial charge in [-0.2, -0.15) is 4.98 Å². The topological polar surface area (TPSA) is 89.7 Å². The number of hydrogen-bond acceptors (Lipinski definition) is 6. The minimum atomic E-state index is -0.0867. The lowest BCUT2D eigenvalue weighted by Gasteiger charge is -2.18. The van der Waals surface area contributed by atoms with Crippen LogP contribution in [0.3, 0.4) is 0 Å². The zero-order chi connectivity index (χ0) is 22.6. The lowest BCUT2D eigenvalue weighted by molar-refractivity contribution is 0.573. The van der Waals surface area contributed by atoms with Gasteiger partial charge in [-0.05, 0) is 68.1 Å². The molecule has 0 unspecified atom stereocenters. The molecule has 3 aromatic heterocycles. The molecule has 1 aliphatic heterocycles. The monoisotopic (exact) mass is 441 g/mol. The van der Waals surface area contributed by atoms with Crippen molar-refractivity contribution < 1.29 is 0 Å². The smallest absolute Gasteiger partial charge is 0.278 e. The van der Waals surface area contributed by atoms with Crippen LogP contribution in [0.25, 0.3) is 16.7 Å². The summed E-state index contributed by atoms with van der Waals surface area (Å²) in [6.07, 6.45) is 6.75. The minimum Gasteiger partial charge on any atom is -0.324 e. The van der Waals surface area contributed by atoms with E-state index in [0.29, 0.717) is 23.5 Å². The van der Waals surface area contributed by atoms with Crippen LogP contribution in [0.1, 0.15) is 43.5 Å². The maximum Gasteiger partial charge on any atom is 0.278 e. The lowest BCUT2D eigenvalue weighted by atomic mass is 10.0. The summed E-state index contributed by atoms with van der Waals surface area (Å²) in [5.74, 6) is 0.474. The van der Waals surface area contributed by atoms with E-state index in [4.69, 9.17) is 4.98 Å². The third-order valence-electron chi connectivity index (χ3n) is 6.93. The summed E-state index contributed by atoms with van der Waals surface area (Å²) in [5, 5.41) is 7.24. The molecule has 1 saturated carbocycles. The first kappa shape index (κ1) is 20.1. The molecule has 2 aliphatic rings. The predicted octanol–water partition coefficient (Wildman–Crippen LogP) is 3.44. The number of rotatable bonds is 5. The molecule has 33 heavy (non-hydrogen) atoms. The van der Waals surface area contributed by atoms with E-state index in [1.54, 1.807) is 10.9 Å². The molecule has 6 rings (SSSR count). The lowest BCUT2D eigenvalue weighted by Crippen LogP contribution is -2.23. The number of pyridine rings is 1. The molecule has 8 heteroatoms. The van der Waals surface area contributed by atoms with Crippen molar-refractivity contribution in [3.05, 3.63) is 69.9 Å². The Labute approximate surface area is 191 Å². The Hall–Kier alpha value is -3.52. The van der Waals surface area contributed by atoms with Gasteiger partial charge in [-0.1, -0.05) is 13.0 Å². The Kier molecular flexibility index (Phi) is 4.58. The van der Waals surface area contributed by atoms with Gasteiger partial charge in [0.25, 0.3) is 5.56 Å². The normalized spacial score (nSPS) is 16.5. The fourth-order valence-electron chi connectivity index (χ4n) is 4.65. The molecule has 1 aromatic carbocycles. The van der Waals surface area contributed by atoms with Crippen molar-refractivity contribution >= 4 is 22.7 Å². The molecule has 2 N–H and O–H groups in total. The largest absolute Gasteiger partial charge is 0.324 e. The molecule has 8 nitrogen and oxygen atoms in total. The van der Waals surface area contributed by atoms with E-state index < -0.39 is 0 Å². The third kappa shape index (κ3) is 3.41. The standard InChI is InChI=1S/C25H27N7O/c1-3-31-23(33)20-15-28-24(29-18-5-4-17-14-26-10-6-16(17)12-18)30-22(20)32(31)19-7-11-27-21(13-19)25(2)8-9-25/h4-5,7,11-13,15,26H,3,6,8-10,14H2,1-2H3,(H,28,29,30). The summed E-state index contributed by atoms with van der Waals surface area (Å²) < 4.78 is 3.61. The Bertz CT molecular complexity index is 1430. The molecule has 1 aliphatic carbocycles. The van der Waals surface area contributed by atoms with E-state index in [1.165, 1.54) is 11.1 Å². The van der Waals surface area contributed by atoms with Crippen LogP contribution in [-0.4, -0.2) is 30.9 Å². The minimum absolute atomic E-state index is 0.0867. The van der Waals surface area contributed by atoms with Gasteiger partial charge in [0.2, 0.25) is 5.95 Å². The van der Waals surface area contributed by atoms with Gasteiger partial charge in [0.05, 0.1) is 5.69 Å². The zero-order valence-electron chi connectivity index (χ0n) is 18.9. The number of anilines is 2. The van der Waals surface area contributed by atoms with Crippen molar-refractivity contribution in [3.63, 3.8) is 0 Å². The predicted molar refractivity (Wildman–Crippen MR) is 128 cm³/mol. The van der Waals surface area contributed by atoms with E-state index in [0.717, 1.165) is 49.4 Å². The van der Waals surface area contributed by atoms with Gasteiger partial charge < -0.3 is 10.6 Å². The molecule has 0 radical (unpaired) electrons. The first-order chi connectivity index (χ1) is 16.1. The Morgan fingerprint density at radius 2 is 2.03 bits per heavy atom. The summed E-state index contributed by atoms with van der Waals surface area (Å²) in [6.45, 7) is 6.63. The van der Waals surface area contributed by atoms with Gasteiger partial charge in [0.1, 0.15) is 5.39 Å². The molecule has 0 amide bonds. The second kappa shape index (κ2) is 7.52. The van der Waals surface area contributed by atoms with Crippen LogP contribution in [0.2, 0.25) is 0 Å². The molecular weight excluding hydrogens is 414 g/mol. The fourth-order valence-corrected chi connectivity index (χ4v) is 4.65. The van der Waals surface area contributed by atoms with Crippen LogP contribution < -0.4 is 16.2 Å². The maximum atomic E-state index is 13.1. The highest BCUT2D eigenvalue weighted by atomic mass is 16.1. The van der Waals surface area contributed by atoms with Gasteiger partial charge in [-0.15, -0.1) is 0 Å². The van der Waals surface area contributed by atoms with Gasteiger partial charge in [0, 0.05) is 42.3 Å². The first-order valence-electron chi connectivity index (χ1n) is 11.6. The molecular formula is C25H27N7O. The summed E-state index contributed by atoms with van der Waals surface area (Å²) in [4.78, 5) is 26.9. The van der Waals surface area contributed by atoms with Crippen LogP contribution >= 0.6 is 0 Å². The average Bonchev–Trinajstić information content (AvgIpc) is 3.54. The second-order valence-corrected chi connectivity index (χ2v) is 9.26. The molecule has 4 heterocycles. The number of hydrogen-bond donors (Lipinski definition) is 2. The number of nitrogens with one attached hydrogen (secondary N) is 2. The summed E-state index contributed by atoms with van der Waals surface area (Å²) >= 11 is 0. The van der Waals surface area contributed by atoms with Crippen LogP contribution in [-0.2, 0) is 24.9 Å². The molecule has 0 atom stereocenters. The molecule has 1 fully saturated rings. The number of nitrogens with zero attached hydrogens (tertiary/aromatic N) is 5. The Balaban J connectivity index is 1.44. The molecule has 4 aromatic rings. The first-order valence-corrected chi connectivity index (χ1v) is 11.6. The third-order valence-corrected chi connectivity index (χ3v) is 6.93. The fraction of sp³-hybridized carbons (Fsp3) is 0.360. The summed E-state index contributed by atoms with van der Waals surface area (Å²) in [6, 6.07) is 10.4. The number of fused-ring (bicyclic) bond motifs is 2. The highest BCUT2D eigenvalue weighted by Crippen LogP contribution is 2.46. The Morgan fingerprint density at radius 1 is 1.15 bits per heavy atom. The highest BCUT2D eigenvalue weighted by Gasteiger charge is 2.40. The van der Waals surface area contributed by atoms with Gasteiger partial charge in [-0.25, -0.2) is 14.3 Å². The van der Waals surface area contributed by atoms with E-state index >= 15 is 0 Å². The van der Waals surface area contributed by atoms with Crippen molar-refractivity contribution in [2.45, 2.75) is 51.6 Å². The number of aromatic nitrogens is 5. The van der Waals surface area contributed by atoms with E-state index in [2.05, 4.69) is 51.8 Å². The summed E-state index contributed by atoms with van der Waals surface area (Å²) in [5.41, 5.74) is 6.23. The molecule has 0 bridgehead atoms. The summed E-state index contributed by atoms with van der Waals surface area (Å²) in [7, 11) is 0. The maximum absolute atomic E-state index is 13.1. The highest BCUT2D eigenvalue weighted by molar-refractivity contribution is 5.77. The van der Waals surface area contributed by atoms with Crippen molar-refractivity contribution in [2.75, 3.05) is 11.9 Å². The number of benzene rings is 1. The zero-order valence-corrected chi connectivity index (χ0v) is 18.9. The van der Waals surface area contributed by atoms with E-state index in [9.17, 15) is 4.79 Å². The molecule has 0 saturated heterocycles. The Morgan fingerprint density at radius 3 is 2.85 bits per heavy atom. The van der Waals surface area contributed by atoms with Crippen LogP contribution in [0.4, 0.5) is 11.6 Å².